The van der Waals surface area contributed by atoms with E-state index in [9.17, 15) is 14.4 Å². The average molecular weight is 323 g/mol. The van der Waals surface area contributed by atoms with Crippen molar-refractivity contribution in [3.8, 4) is 0 Å². The number of carboxylic acids is 1. The zero-order valence-electron chi connectivity index (χ0n) is 9.86. The van der Waals surface area contributed by atoms with E-state index in [1.54, 1.807) is 0 Å². The molecule has 0 rings (SSSR count). The van der Waals surface area contributed by atoms with Crippen molar-refractivity contribution < 1.29 is 24.2 Å². The summed E-state index contributed by atoms with van der Waals surface area (Å²) in [5, 5.41) is 13.5. The molecule has 0 aliphatic rings. The molecule has 0 heterocycles. The first-order chi connectivity index (χ1) is 8.36. The van der Waals surface area contributed by atoms with Crippen molar-refractivity contribution in [3.05, 3.63) is 11.1 Å². The lowest BCUT2D eigenvalue weighted by Gasteiger charge is -2.14. The molecule has 0 spiro atoms. The maximum absolute atomic E-state index is 11.3. The van der Waals surface area contributed by atoms with Crippen LogP contribution in [0.2, 0.25) is 0 Å². The number of ether oxygens (including phenoxy) is 1. The third kappa shape index (κ3) is 7.66. The summed E-state index contributed by atoms with van der Waals surface area (Å²) in [6.07, 6.45) is -0.121. The highest BCUT2D eigenvalue weighted by Crippen LogP contribution is 2.00. The molecule has 0 aromatic rings. The zero-order valence-corrected chi connectivity index (χ0v) is 11.4. The van der Waals surface area contributed by atoms with Crippen LogP contribution in [0, 0.1) is 0 Å². The first-order valence-electron chi connectivity index (χ1n) is 5.04. The lowest BCUT2D eigenvalue weighted by atomic mass is 10.1. The quantitative estimate of drug-likeness (QED) is 0.595. The third-order valence-electron chi connectivity index (χ3n) is 1.91. The molecule has 0 saturated heterocycles. The number of aliphatic carboxylic acids is 1. The molecule has 0 aliphatic carbocycles. The second-order valence-electron chi connectivity index (χ2n) is 3.35. The van der Waals surface area contributed by atoms with Gasteiger partial charge in [0, 0.05) is 10.9 Å². The molecule has 3 N–H and O–H groups in total. The van der Waals surface area contributed by atoms with Gasteiger partial charge in [-0.2, -0.15) is 0 Å². The van der Waals surface area contributed by atoms with Crippen LogP contribution in [0.3, 0.4) is 0 Å². The van der Waals surface area contributed by atoms with E-state index in [4.69, 9.17) is 5.11 Å². The molecule has 0 saturated carbocycles. The van der Waals surface area contributed by atoms with Crippen LogP contribution in [0.5, 0.6) is 0 Å². The minimum absolute atomic E-state index is 0.0370. The van der Waals surface area contributed by atoms with Gasteiger partial charge in [0.05, 0.1) is 13.7 Å². The second-order valence-corrected chi connectivity index (χ2v) is 4.47. The Morgan fingerprint density at radius 3 is 2.50 bits per heavy atom. The van der Waals surface area contributed by atoms with Gasteiger partial charge < -0.3 is 20.5 Å². The highest BCUT2D eigenvalue weighted by atomic mass is 79.9. The fourth-order valence-corrected chi connectivity index (χ4v) is 1.15. The molecule has 2 amide bonds. The lowest BCUT2D eigenvalue weighted by molar-refractivity contribution is -0.142. The Kier molecular flexibility index (Phi) is 7.77. The predicted molar refractivity (Wildman–Crippen MR) is 67.3 cm³/mol. The number of methoxy groups -OCH3 is 1. The molecule has 102 valence electrons. The van der Waals surface area contributed by atoms with Gasteiger partial charge >= 0.3 is 18.0 Å². The van der Waals surface area contributed by atoms with Crippen LogP contribution in [-0.4, -0.2) is 42.8 Å². The van der Waals surface area contributed by atoms with Crippen molar-refractivity contribution in [3.63, 3.8) is 0 Å². The normalized spacial score (nSPS) is 11.2. The summed E-state index contributed by atoms with van der Waals surface area (Å²) in [5.74, 6) is -1.75. The first-order valence-corrected chi connectivity index (χ1v) is 5.83. The van der Waals surface area contributed by atoms with E-state index in [1.165, 1.54) is 7.11 Å². The highest BCUT2D eigenvalue weighted by molar-refractivity contribution is 9.11. The SMILES string of the molecule is C=C(Br)CNC(=O)N[C@@H](CCC(=O)OC)C(=O)O. The molecule has 0 fully saturated rings. The van der Waals surface area contributed by atoms with E-state index in [-0.39, 0.29) is 19.4 Å². The summed E-state index contributed by atoms with van der Waals surface area (Å²) in [6, 6.07) is -1.79. The van der Waals surface area contributed by atoms with Crippen molar-refractivity contribution in [2.24, 2.45) is 0 Å². The van der Waals surface area contributed by atoms with Gasteiger partial charge in [0.2, 0.25) is 0 Å². The largest absolute Gasteiger partial charge is 0.480 e. The number of esters is 1. The molecule has 0 radical (unpaired) electrons. The standard InChI is InChI=1S/C10H15BrN2O5/c1-6(11)5-12-10(17)13-7(9(15)16)3-4-8(14)18-2/h7H,1,3-5H2,2H3,(H,15,16)(H2,12,13,17)/t7-/m0/s1. The molecule has 18 heavy (non-hydrogen) atoms. The number of carbonyl (C=O) groups is 3. The van der Waals surface area contributed by atoms with Crippen molar-refractivity contribution >= 4 is 33.9 Å². The fraction of sp³-hybridized carbons (Fsp3) is 0.500. The Labute approximate surface area is 113 Å². The first kappa shape index (κ1) is 16.4. The number of hydrogen-bond acceptors (Lipinski definition) is 4. The van der Waals surface area contributed by atoms with Gasteiger partial charge in [-0.3, -0.25) is 4.79 Å². The van der Waals surface area contributed by atoms with Gasteiger partial charge in [0.15, 0.2) is 0 Å². The van der Waals surface area contributed by atoms with E-state index < -0.39 is 24.0 Å². The Morgan fingerprint density at radius 1 is 1.44 bits per heavy atom. The molecule has 0 aromatic carbocycles. The van der Waals surface area contributed by atoms with E-state index in [0.717, 1.165) is 0 Å². The summed E-state index contributed by atoms with van der Waals surface area (Å²) in [6.45, 7) is 3.68. The van der Waals surface area contributed by atoms with Crippen LogP contribution in [0.15, 0.2) is 11.1 Å². The van der Waals surface area contributed by atoms with Crippen molar-refractivity contribution in [1.82, 2.24) is 10.6 Å². The molecule has 0 aliphatic heterocycles. The maximum Gasteiger partial charge on any atom is 0.326 e. The van der Waals surface area contributed by atoms with Gasteiger partial charge in [-0.15, -0.1) is 0 Å². The van der Waals surface area contributed by atoms with Crippen LogP contribution >= 0.6 is 15.9 Å². The number of nitrogens with one attached hydrogen (secondary N) is 2. The molecule has 0 bridgehead atoms. The minimum atomic E-state index is -1.22. The van der Waals surface area contributed by atoms with Crippen LogP contribution in [0.1, 0.15) is 12.8 Å². The van der Waals surface area contributed by atoms with E-state index in [1.807, 2.05) is 0 Å². The molecular formula is C10H15BrN2O5. The number of urea groups is 1. The van der Waals surface area contributed by atoms with Crippen LogP contribution in [0.25, 0.3) is 0 Å². The molecular weight excluding hydrogens is 308 g/mol. The zero-order chi connectivity index (χ0) is 14.1. The number of carbonyl (C=O) groups excluding carboxylic acids is 2. The van der Waals surface area contributed by atoms with Crippen LogP contribution < -0.4 is 10.6 Å². The number of hydrogen-bond donors (Lipinski definition) is 3. The fourth-order valence-electron chi connectivity index (χ4n) is 1.01. The summed E-state index contributed by atoms with van der Waals surface area (Å²) >= 11 is 3.04. The van der Waals surface area contributed by atoms with Crippen molar-refractivity contribution in [2.45, 2.75) is 18.9 Å². The number of rotatable bonds is 7. The summed E-state index contributed by atoms with van der Waals surface area (Å²) in [7, 11) is 1.21. The van der Waals surface area contributed by atoms with Gasteiger partial charge in [-0.1, -0.05) is 22.5 Å². The third-order valence-corrected chi connectivity index (χ3v) is 2.19. The molecule has 0 unspecified atom stereocenters. The van der Waals surface area contributed by atoms with E-state index >= 15 is 0 Å². The predicted octanol–water partition coefficient (Wildman–Crippen LogP) is 0.601. The maximum atomic E-state index is 11.3. The van der Waals surface area contributed by atoms with E-state index in [0.29, 0.717) is 4.48 Å². The summed E-state index contributed by atoms with van der Waals surface area (Å²) < 4.78 is 4.94. The Bertz CT molecular complexity index is 345. The average Bonchev–Trinajstić information content (AvgIpc) is 2.30. The van der Waals surface area contributed by atoms with Gasteiger partial charge in [-0.25, -0.2) is 9.59 Å². The Morgan fingerprint density at radius 2 is 2.06 bits per heavy atom. The lowest BCUT2D eigenvalue weighted by Crippen LogP contribution is -2.46. The number of carboxylic acid groups (broad SMARTS) is 1. The molecule has 7 nitrogen and oxygen atoms in total. The number of amides is 2. The Hall–Kier alpha value is -1.57. The van der Waals surface area contributed by atoms with E-state index in [2.05, 4.69) is 37.9 Å². The van der Waals surface area contributed by atoms with Crippen molar-refractivity contribution in [2.75, 3.05) is 13.7 Å². The Balaban J connectivity index is 4.18. The van der Waals surface area contributed by atoms with Gasteiger partial charge in [0.1, 0.15) is 6.04 Å². The molecule has 1 atom stereocenters. The summed E-state index contributed by atoms with van der Waals surface area (Å²) in [5.41, 5.74) is 0. The van der Waals surface area contributed by atoms with Crippen molar-refractivity contribution in [1.29, 1.82) is 0 Å². The highest BCUT2D eigenvalue weighted by Gasteiger charge is 2.20. The smallest absolute Gasteiger partial charge is 0.326 e. The van der Waals surface area contributed by atoms with Crippen LogP contribution in [0.4, 0.5) is 4.79 Å². The summed E-state index contributed by atoms with van der Waals surface area (Å²) in [4.78, 5) is 33.0. The minimum Gasteiger partial charge on any atom is -0.480 e. The monoisotopic (exact) mass is 322 g/mol. The van der Waals surface area contributed by atoms with Gasteiger partial charge in [0.25, 0.3) is 0 Å². The molecule has 0 aromatic heterocycles. The topological polar surface area (TPSA) is 105 Å². The second kappa shape index (κ2) is 8.51. The number of halogens is 1. The molecule has 8 heteroatoms. The van der Waals surface area contributed by atoms with Gasteiger partial charge in [-0.05, 0) is 6.42 Å². The van der Waals surface area contributed by atoms with Crippen LogP contribution in [-0.2, 0) is 14.3 Å².